The quantitative estimate of drug-likeness (QED) is 0.627. The lowest BCUT2D eigenvalue weighted by atomic mass is 10.1. The van der Waals surface area contributed by atoms with Crippen LogP contribution in [0.4, 0.5) is 11.4 Å². The van der Waals surface area contributed by atoms with Crippen LogP contribution in [0, 0.1) is 17.0 Å². The summed E-state index contributed by atoms with van der Waals surface area (Å²) in [7, 11) is 0. The third-order valence-corrected chi connectivity index (χ3v) is 3.57. The maximum atomic E-state index is 12.0. The largest absolute Gasteiger partial charge is 0.326 e. The lowest BCUT2D eigenvalue weighted by Crippen LogP contribution is -2.44. The van der Waals surface area contributed by atoms with Crippen LogP contribution in [0.5, 0.6) is 0 Å². The molecular formula is C14H20N4O3. The van der Waals surface area contributed by atoms with Crippen LogP contribution in [0.2, 0.25) is 0 Å². The van der Waals surface area contributed by atoms with Crippen LogP contribution in [0.25, 0.3) is 0 Å². The number of rotatable bonds is 5. The fraction of sp³-hybridized carbons (Fsp3) is 0.500. The molecule has 0 atom stereocenters. The number of nitro benzene ring substituents is 1. The summed E-state index contributed by atoms with van der Waals surface area (Å²) in [5, 5.41) is 16.8. The van der Waals surface area contributed by atoms with E-state index in [2.05, 4.69) is 15.5 Å². The third kappa shape index (κ3) is 4.51. The molecule has 0 saturated carbocycles. The molecule has 21 heavy (non-hydrogen) atoms. The Morgan fingerprint density at radius 1 is 1.43 bits per heavy atom. The van der Waals surface area contributed by atoms with Crippen LogP contribution in [0.1, 0.15) is 12.0 Å². The number of anilines is 1. The SMILES string of the molecule is Cc1ccc([N+](=O)[O-])cc1NC(=O)CCN1CCNCC1. The van der Waals surface area contributed by atoms with E-state index in [1.165, 1.54) is 12.1 Å². The molecule has 0 aromatic heterocycles. The van der Waals surface area contributed by atoms with Gasteiger partial charge < -0.3 is 15.5 Å². The molecule has 7 nitrogen and oxygen atoms in total. The van der Waals surface area contributed by atoms with E-state index in [9.17, 15) is 14.9 Å². The van der Waals surface area contributed by atoms with Crippen molar-refractivity contribution in [3.63, 3.8) is 0 Å². The zero-order valence-corrected chi connectivity index (χ0v) is 12.1. The van der Waals surface area contributed by atoms with Gasteiger partial charge in [0.05, 0.1) is 10.6 Å². The molecule has 1 heterocycles. The number of nitro groups is 1. The summed E-state index contributed by atoms with van der Waals surface area (Å²) in [5.74, 6) is -0.114. The predicted octanol–water partition coefficient (Wildman–Crippen LogP) is 1.14. The van der Waals surface area contributed by atoms with E-state index in [1.807, 2.05) is 6.92 Å². The number of piperazine rings is 1. The number of hydrogen-bond acceptors (Lipinski definition) is 5. The first kappa shape index (κ1) is 15.4. The highest BCUT2D eigenvalue weighted by Crippen LogP contribution is 2.21. The highest BCUT2D eigenvalue weighted by Gasteiger charge is 2.13. The lowest BCUT2D eigenvalue weighted by Gasteiger charge is -2.26. The van der Waals surface area contributed by atoms with Crippen LogP contribution in [0.3, 0.4) is 0 Å². The Labute approximate surface area is 123 Å². The molecule has 0 spiro atoms. The molecule has 1 aromatic rings. The highest BCUT2D eigenvalue weighted by atomic mass is 16.6. The minimum Gasteiger partial charge on any atom is -0.326 e. The van der Waals surface area contributed by atoms with Gasteiger partial charge in [0.1, 0.15) is 0 Å². The molecule has 1 saturated heterocycles. The number of benzene rings is 1. The maximum Gasteiger partial charge on any atom is 0.271 e. The highest BCUT2D eigenvalue weighted by molar-refractivity contribution is 5.92. The second-order valence-electron chi connectivity index (χ2n) is 5.15. The normalized spacial score (nSPS) is 15.7. The summed E-state index contributed by atoms with van der Waals surface area (Å²) < 4.78 is 0. The van der Waals surface area contributed by atoms with Gasteiger partial charge in [0.15, 0.2) is 0 Å². The van der Waals surface area contributed by atoms with Crippen molar-refractivity contribution in [3.05, 3.63) is 33.9 Å². The first-order valence-corrected chi connectivity index (χ1v) is 7.04. The van der Waals surface area contributed by atoms with Gasteiger partial charge in [-0.15, -0.1) is 0 Å². The number of nitrogens with zero attached hydrogens (tertiary/aromatic N) is 2. The van der Waals surface area contributed by atoms with Crippen LogP contribution in [-0.2, 0) is 4.79 Å². The summed E-state index contributed by atoms with van der Waals surface area (Å²) >= 11 is 0. The van der Waals surface area contributed by atoms with Gasteiger partial charge in [-0.1, -0.05) is 6.07 Å². The van der Waals surface area contributed by atoms with Gasteiger partial charge in [0, 0.05) is 51.3 Å². The number of nitrogens with one attached hydrogen (secondary N) is 2. The second kappa shape index (κ2) is 7.14. The molecule has 2 rings (SSSR count). The monoisotopic (exact) mass is 292 g/mol. The van der Waals surface area contributed by atoms with Crippen molar-refractivity contribution >= 4 is 17.3 Å². The summed E-state index contributed by atoms with van der Waals surface area (Å²) in [6.45, 7) is 6.32. The Morgan fingerprint density at radius 2 is 2.14 bits per heavy atom. The van der Waals surface area contributed by atoms with Crippen LogP contribution in [-0.4, -0.2) is 48.5 Å². The number of aryl methyl sites for hydroxylation is 1. The van der Waals surface area contributed by atoms with Gasteiger partial charge in [-0.3, -0.25) is 14.9 Å². The summed E-state index contributed by atoms with van der Waals surface area (Å²) in [5.41, 5.74) is 1.31. The third-order valence-electron chi connectivity index (χ3n) is 3.57. The molecule has 0 bridgehead atoms. The fourth-order valence-electron chi connectivity index (χ4n) is 2.27. The van der Waals surface area contributed by atoms with Gasteiger partial charge in [-0.2, -0.15) is 0 Å². The smallest absolute Gasteiger partial charge is 0.271 e. The van der Waals surface area contributed by atoms with Crippen molar-refractivity contribution in [2.45, 2.75) is 13.3 Å². The molecule has 114 valence electrons. The molecule has 0 radical (unpaired) electrons. The van der Waals surface area contributed by atoms with Crippen molar-refractivity contribution in [1.82, 2.24) is 10.2 Å². The topological polar surface area (TPSA) is 87.5 Å². The van der Waals surface area contributed by atoms with E-state index in [0.29, 0.717) is 18.7 Å². The number of carbonyl (C=O) groups excluding carboxylic acids is 1. The van der Waals surface area contributed by atoms with E-state index in [-0.39, 0.29) is 11.6 Å². The molecule has 2 N–H and O–H groups in total. The average molecular weight is 292 g/mol. The molecule has 1 aliphatic rings. The predicted molar refractivity (Wildman–Crippen MR) is 80.4 cm³/mol. The molecule has 1 fully saturated rings. The van der Waals surface area contributed by atoms with Gasteiger partial charge in [-0.05, 0) is 12.5 Å². The molecule has 1 amide bonds. The molecule has 0 unspecified atom stereocenters. The number of amides is 1. The van der Waals surface area contributed by atoms with Crippen LogP contribution >= 0.6 is 0 Å². The molecular weight excluding hydrogens is 272 g/mol. The van der Waals surface area contributed by atoms with Crippen molar-refractivity contribution < 1.29 is 9.72 Å². The van der Waals surface area contributed by atoms with Crippen LogP contribution < -0.4 is 10.6 Å². The number of hydrogen-bond donors (Lipinski definition) is 2. The minimum absolute atomic E-state index is 0.0157. The zero-order chi connectivity index (χ0) is 15.2. The standard InChI is InChI=1S/C14H20N4O3/c1-11-2-3-12(18(20)21)10-13(11)16-14(19)4-7-17-8-5-15-6-9-17/h2-3,10,15H,4-9H2,1H3,(H,16,19). The summed E-state index contributed by atoms with van der Waals surface area (Å²) in [4.78, 5) is 24.5. The van der Waals surface area contributed by atoms with Crippen molar-refractivity contribution in [3.8, 4) is 0 Å². The Kier molecular flexibility index (Phi) is 5.24. The lowest BCUT2D eigenvalue weighted by molar-refractivity contribution is -0.384. The Bertz CT molecular complexity index is 527. The average Bonchev–Trinajstić information content (AvgIpc) is 2.48. The molecule has 0 aliphatic carbocycles. The second-order valence-corrected chi connectivity index (χ2v) is 5.15. The molecule has 1 aliphatic heterocycles. The maximum absolute atomic E-state index is 12.0. The van der Waals surface area contributed by atoms with Crippen molar-refractivity contribution in [2.24, 2.45) is 0 Å². The minimum atomic E-state index is -0.462. The number of non-ortho nitro benzene ring substituents is 1. The Hall–Kier alpha value is -1.99. The first-order chi connectivity index (χ1) is 10.1. The molecule has 7 heteroatoms. The Morgan fingerprint density at radius 3 is 2.81 bits per heavy atom. The van der Waals surface area contributed by atoms with Gasteiger partial charge in [0.2, 0.25) is 5.91 Å². The Balaban J connectivity index is 1.89. The fourth-order valence-corrected chi connectivity index (χ4v) is 2.27. The first-order valence-electron chi connectivity index (χ1n) is 7.04. The summed E-state index contributed by atoms with van der Waals surface area (Å²) in [6.07, 6.45) is 0.391. The summed E-state index contributed by atoms with van der Waals surface area (Å²) in [6, 6.07) is 4.48. The van der Waals surface area contributed by atoms with Crippen LogP contribution in [0.15, 0.2) is 18.2 Å². The van der Waals surface area contributed by atoms with Gasteiger partial charge in [-0.25, -0.2) is 0 Å². The van der Waals surface area contributed by atoms with Gasteiger partial charge in [0.25, 0.3) is 5.69 Å². The van der Waals surface area contributed by atoms with E-state index in [4.69, 9.17) is 0 Å². The van der Waals surface area contributed by atoms with E-state index >= 15 is 0 Å². The number of carbonyl (C=O) groups is 1. The van der Waals surface area contributed by atoms with E-state index < -0.39 is 4.92 Å². The van der Waals surface area contributed by atoms with E-state index in [1.54, 1.807) is 6.07 Å². The zero-order valence-electron chi connectivity index (χ0n) is 12.1. The van der Waals surface area contributed by atoms with E-state index in [0.717, 1.165) is 31.7 Å². The van der Waals surface area contributed by atoms with Crippen molar-refractivity contribution in [1.29, 1.82) is 0 Å². The molecule has 1 aromatic carbocycles. The van der Waals surface area contributed by atoms with Gasteiger partial charge >= 0.3 is 0 Å². The van der Waals surface area contributed by atoms with Crippen molar-refractivity contribution in [2.75, 3.05) is 38.0 Å².